The summed E-state index contributed by atoms with van der Waals surface area (Å²) < 4.78 is 23.8. The summed E-state index contributed by atoms with van der Waals surface area (Å²) in [6, 6.07) is -0.240. The Balaban J connectivity index is 1.68. The van der Waals surface area contributed by atoms with Crippen LogP contribution in [0, 0.1) is 11.3 Å². The second-order valence-electron chi connectivity index (χ2n) is 7.25. The Hall–Kier alpha value is -0.620. The Kier molecular flexibility index (Phi) is 3.36. The molecule has 1 N–H and O–H groups in total. The molecule has 3 atom stereocenters. The number of amides is 1. The van der Waals surface area contributed by atoms with Crippen molar-refractivity contribution in [3.8, 4) is 0 Å². The zero-order valence-corrected chi connectivity index (χ0v) is 13.1. The zero-order chi connectivity index (χ0) is 14.5. The highest BCUT2D eigenvalue weighted by molar-refractivity contribution is 7.91. The van der Waals surface area contributed by atoms with Gasteiger partial charge in [0.1, 0.15) is 0 Å². The Morgan fingerprint density at radius 3 is 2.35 bits per heavy atom. The molecule has 0 aromatic heterocycles. The van der Waals surface area contributed by atoms with Crippen LogP contribution < -0.4 is 5.32 Å². The van der Waals surface area contributed by atoms with Crippen molar-refractivity contribution >= 4 is 15.7 Å². The molecule has 2 heterocycles. The van der Waals surface area contributed by atoms with Gasteiger partial charge in [0.25, 0.3) is 0 Å². The van der Waals surface area contributed by atoms with Crippen molar-refractivity contribution in [2.75, 3.05) is 24.6 Å². The van der Waals surface area contributed by atoms with Crippen molar-refractivity contribution in [3.05, 3.63) is 0 Å². The summed E-state index contributed by atoms with van der Waals surface area (Å²) >= 11 is 0. The van der Waals surface area contributed by atoms with E-state index in [2.05, 4.69) is 24.1 Å². The minimum Gasteiger partial charge on any atom is -0.350 e. The molecule has 1 saturated carbocycles. The predicted molar refractivity (Wildman–Crippen MR) is 77.1 cm³/mol. The standard InChI is InChI=1S/C14H24N2O3S/c1-14(2)7-10(14)13(17)15-11-8-20(18,19)9-12(11)16-5-3-4-6-16/h10-12H,3-9H2,1-2H3,(H,15,17)/t10-,11-,12+/m1/s1. The summed E-state index contributed by atoms with van der Waals surface area (Å²) in [7, 11) is -3.02. The zero-order valence-electron chi connectivity index (χ0n) is 12.3. The first kappa shape index (κ1) is 14.3. The number of hydrogen-bond donors (Lipinski definition) is 1. The molecule has 6 heteroatoms. The van der Waals surface area contributed by atoms with Crippen LogP contribution in [0.25, 0.3) is 0 Å². The van der Waals surface area contributed by atoms with Gasteiger partial charge in [-0.15, -0.1) is 0 Å². The van der Waals surface area contributed by atoms with Crippen molar-refractivity contribution < 1.29 is 13.2 Å². The van der Waals surface area contributed by atoms with Crippen molar-refractivity contribution in [2.45, 2.75) is 45.2 Å². The summed E-state index contributed by atoms with van der Waals surface area (Å²) in [4.78, 5) is 14.5. The lowest BCUT2D eigenvalue weighted by atomic mass is 10.1. The van der Waals surface area contributed by atoms with Crippen molar-refractivity contribution in [1.29, 1.82) is 0 Å². The van der Waals surface area contributed by atoms with E-state index >= 15 is 0 Å². The first-order chi connectivity index (χ1) is 9.28. The normalized spacial score (nSPS) is 38.8. The second-order valence-corrected chi connectivity index (χ2v) is 9.40. The highest BCUT2D eigenvalue weighted by Crippen LogP contribution is 2.51. The average molecular weight is 300 g/mol. The van der Waals surface area contributed by atoms with Gasteiger partial charge >= 0.3 is 0 Å². The van der Waals surface area contributed by atoms with Gasteiger partial charge in [-0.25, -0.2) is 8.42 Å². The summed E-state index contributed by atoms with van der Waals surface area (Å²) in [5.41, 5.74) is 0.0880. The maximum atomic E-state index is 12.2. The third-order valence-corrected chi connectivity index (χ3v) is 6.81. The molecule has 0 aromatic rings. The maximum Gasteiger partial charge on any atom is 0.223 e. The van der Waals surface area contributed by atoms with Crippen LogP contribution in [0.3, 0.4) is 0 Å². The molecule has 114 valence electrons. The molecular weight excluding hydrogens is 276 g/mol. The quantitative estimate of drug-likeness (QED) is 0.820. The van der Waals surface area contributed by atoms with Crippen molar-refractivity contribution in [3.63, 3.8) is 0 Å². The van der Waals surface area contributed by atoms with Gasteiger partial charge in [-0.1, -0.05) is 13.8 Å². The molecule has 2 saturated heterocycles. The highest BCUT2D eigenvalue weighted by atomic mass is 32.2. The topological polar surface area (TPSA) is 66.5 Å². The molecule has 0 unspecified atom stereocenters. The van der Waals surface area contributed by atoms with Gasteiger partial charge in [-0.05, 0) is 37.8 Å². The van der Waals surface area contributed by atoms with Crippen LogP contribution in [0.15, 0.2) is 0 Å². The first-order valence-electron chi connectivity index (χ1n) is 7.53. The Morgan fingerprint density at radius 2 is 1.80 bits per heavy atom. The number of nitrogens with one attached hydrogen (secondary N) is 1. The molecule has 0 aromatic carbocycles. The SMILES string of the molecule is CC1(C)C[C@@H]1C(=O)N[C@@H]1CS(=O)(=O)C[C@@H]1N1CCCC1. The van der Waals surface area contributed by atoms with Crippen LogP contribution in [-0.2, 0) is 14.6 Å². The first-order valence-corrected chi connectivity index (χ1v) is 9.35. The van der Waals surface area contributed by atoms with Crippen LogP contribution in [0.1, 0.15) is 33.1 Å². The lowest BCUT2D eigenvalue weighted by Gasteiger charge is -2.28. The summed E-state index contributed by atoms with van der Waals surface area (Å²) in [6.07, 6.45) is 3.17. The Bertz CT molecular complexity index is 509. The van der Waals surface area contributed by atoms with E-state index in [1.54, 1.807) is 0 Å². The van der Waals surface area contributed by atoms with Gasteiger partial charge in [-0.2, -0.15) is 0 Å². The maximum absolute atomic E-state index is 12.2. The minimum atomic E-state index is -3.02. The molecule has 2 aliphatic heterocycles. The summed E-state index contributed by atoms with van der Waals surface area (Å²) in [6.45, 7) is 6.09. The second kappa shape index (κ2) is 4.70. The monoisotopic (exact) mass is 300 g/mol. The molecule has 1 aliphatic carbocycles. The summed E-state index contributed by atoms with van der Waals surface area (Å²) in [5, 5.41) is 3.02. The van der Waals surface area contributed by atoms with Gasteiger partial charge in [0.15, 0.2) is 9.84 Å². The van der Waals surface area contributed by atoms with Crippen LogP contribution in [0.2, 0.25) is 0 Å². The number of likely N-dealkylation sites (tertiary alicyclic amines) is 1. The molecule has 5 nitrogen and oxygen atoms in total. The third kappa shape index (κ3) is 2.72. The molecule has 0 radical (unpaired) electrons. The van der Waals surface area contributed by atoms with Crippen molar-refractivity contribution in [2.24, 2.45) is 11.3 Å². The number of carbonyl (C=O) groups excluding carboxylic acids is 1. The van der Waals surface area contributed by atoms with E-state index in [1.807, 2.05) is 0 Å². The van der Waals surface area contributed by atoms with Gasteiger partial charge in [0, 0.05) is 12.0 Å². The highest BCUT2D eigenvalue weighted by Gasteiger charge is 2.52. The molecule has 3 aliphatic rings. The average Bonchev–Trinajstić information content (AvgIpc) is 2.74. The van der Waals surface area contributed by atoms with Crippen LogP contribution in [-0.4, -0.2) is 55.9 Å². The van der Waals surface area contributed by atoms with Gasteiger partial charge in [-0.3, -0.25) is 9.69 Å². The largest absolute Gasteiger partial charge is 0.350 e. The Morgan fingerprint density at radius 1 is 1.20 bits per heavy atom. The fourth-order valence-corrected chi connectivity index (χ4v) is 5.55. The molecule has 0 bridgehead atoms. The lowest BCUT2D eigenvalue weighted by molar-refractivity contribution is -0.123. The molecule has 0 spiro atoms. The van der Waals surface area contributed by atoms with Crippen LogP contribution in [0.5, 0.6) is 0 Å². The number of rotatable bonds is 3. The predicted octanol–water partition coefficient (Wildman–Crippen LogP) is 0.410. The van der Waals surface area contributed by atoms with E-state index < -0.39 is 9.84 Å². The molecule has 3 fully saturated rings. The smallest absolute Gasteiger partial charge is 0.223 e. The van der Waals surface area contributed by atoms with Gasteiger partial charge < -0.3 is 5.32 Å². The van der Waals surface area contributed by atoms with Gasteiger partial charge in [0.2, 0.25) is 5.91 Å². The van der Waals surface area contributed by atoms with E-state index in [4.69, 9.17) is 0 Å². The summed E-state index contributed by atoms with van der Waals surface area (Å²) in [5.74, 6) is 0.408. The number of sulfone groups is 1. The third-order valence-electron chi connectivity index (χ3n) is 5.09. The van der Waals surface area contributed by atoms with E-state index in [0.29, 0.717) is 0 Å². The Labute approximate surface area is 121 Å². The number of nitrogens with zero attached hydrogens (tertiary/aromatic N) is 1. The fraction of sp³-hybridized carbons (Fsp3) is 0.929. The molecule has 1 amide bonds. The molecular formula is C14H24N2O3S. The number of carbonyl (C=O) groups is 1. The lowest BCUT2D eigenvalue weighted by Crippen LogP contribution is -2.50. The van der Waals surface area contributed by atoms with Crippen LogP contribution in [0.4, 0.5) is 0 Å². The molecule has 20 heavy (non-hydrogen) atoms. The van der Waals surface area contributed by atoms with Crippen LogP contribution >= 0.6 is 0 Å². The fourth-order valence-electron chi connectivity index (χ4n) is 3.60. The van der Waals surface area contributed by atoms with Crippen molar-refractivity contribution in [1.82, 2.24) is 10.2 Å². The van der Waals surface area contributed by atoms with E-state index in [1.165, 1.54) is 0 Å². The van der Waals surface area contributed by atoms with E-state index in [9.17, 15) is 13.2 Å². The molecule has 3 rings (SSSR count). The minimum absolute atomic E-state index is 0.0201. The van der Waals surface area contributed by atoms with Gasteiger partial charge in [0.05, 0.1) is 17.5 Å². The number of hydrogen-bond acceptors (Lipinski definition) is 4. The van der Waals surface area contributed by atoms with E-state index in [-0.39, 0.29) is 40.8 Å². The van der Waals surface area contributed by atoms with E-state index in [0.717, 1.165) is 32.4 Å².